The Kier molecular flexibility index (Phi) is 2.32. The molecule has 0 spiro atoms. The second kappa shape index (κ2) is 3.79. The lowest BCUT2D eigenvalue weighted by atomic mass is 10.3. The highest BCUT2D eigenvalue weighted by Crippen LogP contribution is 2.15. The van der Waals surface area contributed by atoms with Crippen LogP contribution in [0.5, 0.6) is 0 Å². The maximum Gasteiger partial charge on any atom is 0.191 e. The molecule has 4 N–H and O–H groups in total. The van der Waals surface area contributed by atoms with E-state index >= 15 is 0 Å². The van der Waals surface area contributed by atoms with Crippen LogP contribution in [0, 0.1) is 0 Å². The van der Waals surface area contributed by atoms with Gasteiger partial charge in [-0.1, -0.05) is 6.07 Å². The standard InChI is InChI=1S/C9H10N6/c10-9(11)14-7-2-1-3-8(6-7)15-12-4-5-13-15/h1-6H,(H4,10,11,14). The molecule has 76 valence electrons. The first-order valence-electron chi connectivity index (χ1n) is 4.32. The minimum Gasteiger partial charge on any atom is -0.370 e. The SMILES string of the molecule is NC(N)=Nc1cccc(-n2nccn2)c1. The lowest BCUT2D eigenvalue weighted by Gasteiger charge is -2.00. The first-order valence-corrected chi connectivity index (χ1v) is 4.32. The Morgan fingerprint density at radius 3 is 2.60 bits per heavy atom. The van der Waals surface area contributed by atoms with Gasteiger partial charge in [-0.2, -0.15) is 15.0 Å². The van der Waals surface area contributed by atoms with E-state index in [1.807, 2.05) is 12.1 Å². The van der Waals surface area contributed by atoms with E-state index in [9.17, 15) is 0 Å². The van der Waals surface area contributed by atoms with E-state index in [1.54, 1.807) is 24.5 Å². The fraction of sp³-hybridized carbons (Fsp3) is 0. The van der Waals surface area contributed by atoms with Gasteiger partial charge in [-0.05, 0) is 18.2 Å². The second-order valence-corrected chi connectivity index (χ2v) is 2.88. The van der Waals surface area contributed by atoms with E-state index in [2.05, 4.69) is 15.2 Å². The van der Waals surface area contributed by atoms with Gasteiger partial charge in [-0.25, -0.2) is 4.99 Å². The van der Waals surface area contributed by atoms with Gasteiger partial charge in [-0.15, -0.1) is 0 Å². The van der Waals surface area contributed by atoms with Crippen LogP contribution in [0.3, 0.4) is 0 Å². The highest BCUT2D eigenvalue weighted by molar-refractivity contribution is 5.79. The summed E-state index contributed by atoms with van der Waals surface area (Å²) >= 11 is 0. The van der Waals surface area contributed by atoms with Crippen molar-refractivity contribution in [3.8, 4) is 5.69 Å². The van der Waals surface area contributed by atoms with E-state index in [1.165, 1.54) is 4.80 Å². The molecule has 2 rings (SSSR count). The van der Waals surface area contributed by atoms with Gasteiger partial charge in [0.1, 0.15) is 0 Å². The molecule has 0 bridgehead atoms. The number of aliphatic imine (C=N–C) groups is 1. The Hall–Kier alpha value is -2.37. The Bertz CT molecular complexity index is 469. The van der Waals surface area contributed by atoms with Crippen molar-refractivity contribution in [3.05, 3.63) is 36.7 Å². The summed E-state index contributed by atoms with van der Waals surface area (Å²) in [4.78, 5) is 5.43. The predicted octanol–water partition coefficient (Wildman–Crippen LogP) is 0.172. The molecule has 0 unspecified atom stereocenters. The average Bonchev–Trinajstić information content (AvgIpc) is 2.69. The molecule has 15 heavy (non-hydrogen) atoms. The van der Waals surface area contributed by atoms with Gasteiger partial charge in [0, 0.05) is 0 Å². The third kappa shape index (κ3) is 2.11. The number of hydrogen-bond acceptors (Lipinski definition) is 3. The van der Waals surface area contributed by atoms with Crippen LogP contribution in [0.4, 0.5) is 5.69 Å². The number of nitrogens with zero attached hydrogens (tertiary/aromatic N) is 4. The van der Waals surface area contributed by atoms with E-state index in [0.29, 0.717) is 5.69 Å². The number of guanidine groups is 1. The molecular weight excluding hydrogens is 192 g/mol. The highest BCUT2D eigenvalue weighted by Gasteiger charge is 1.98. The molecule has 0 saturated carbocycles. The maximum atomic E-state index is 5.28. The molecule has 1 aromatic carbocycles. The predicted molar refractivity (Wildman–Crippen MR) is 56.8 cm³/mol. The molecule has 0 amide bonds. The zero-order valence-corrected chi connectivity index (χ0v) is 7.91. The average molecular weight is 202 g/mol. The van der Waals surface area contributed by atoms with Gasteiger partial charge < -0.3 is 11.5 Å². The van der Waals surface area contributed by atoms with Gasteiger partial charge in [0.2, 0.25) is 0 Å². The fourth-order valence-electron chi connectivity index (χ4n) is 1.19. The van der Waals surface area contributed by atoms with Crippen LogP contribution in [0.2, 0.25) is 0 Å². The third-order valence-electron chi connectivity index (χ3n) is 1.74. The van der Waals surface area contributed by atoms with E-state index in [0.717, 1.165) is 5.69 Å². The number of rotatable bonds is 2. The quantitative estimate of drug-likeness (QED) is 0.536. The summed E-state index contributed by atoms with van der Waals surface area (Å²) in [5.41, 5.74) is 12.0. The summed E-state index contributed by atoms with van der Waals surface area (Å²) in [5, 5.41) is 8.00. The van der Waals surface area contributed by atoms with Crippen molar-refractivity contribution < 1.29 is 0 Å². The van der Waals surface area contributed by atoms with Crippen molar-refractivity contribution in [1.29, 1.82) is 0 Å². The first-order chi connectivity index (χ1) is 7.25. The van der Waals surface area contributed by atoms with Crippen LogP contribution in [0.15, 0.2) is 41.7 Å². The highest BCUT2D eigenvalue weighted by atomic mass is 15.5. The summed E-state index contributed by atoms with van der Waals surface area (Å²) < 4.78 is 0. The van der Waals surface area contributed by atoms with E-state index in [4.69, 9.17) is 11.5 Å². The Morgan fingerprint density at radius 2 is 1.93 bits per heavy atom. The molecule has 6 nitrogen and oxygen atoms in total. The number of nitrogens with two attached hydrogens (primary N) is 2. The Labute approximate surface area is 86.2 Å². The van der Waals surface area contributed by atoms with E-state index in [-0.39, 0.29) is 5.96 Å². The molecule has 0 aliphatic heterocycles. The first kappa shape index (κ1) is 9.20. The summed E-state index contributed by atoms with van der Waals surface area (Å²) in [6, 6.07) is 7.29. The molecule has 0 saturated heterocycles. The topological polar surface area (TPSA) is 95.1 Å². The molecule has 0 radical (unpaired) electrons. The summed E-state index contributed by atoms with van der Waals surface area (Å²) in [7, 11) is 0. The van der Waals surface area contributed by atoms with Crippen LogP contribution >= 0.6 is 0 Å². The minimum atomic E-state index is 0.0283. The molecular formula is C9H10N6. The van der Waals surface area contributed by atoms with Crippen LogP contribution in [-0.4, -0.2) is 21.0 Å². The van der Waals surface area contributed by atoms with Crippen LogP contribution in [0.1, 0.15) is 0 Å². The van der Waals surface area contributed by atoms with Gasteiger partial charge in [0.05, 0.1) is 23.8 Å². The number of aromatic nitrogens is 3. The minimum absolute atomic E-state index is 0.0283. The molecule has 1 heterocycles. The van der Waals surface area contributed by atoms with Gasteiger partial charge in [0.25, 0.3) is 0 Å². The molecule has 6 heteroatoms. The van der Waals surface area contributed by atoms with Gasteiger partial charge in [-0.3, -0.25) is 0 Å². The van der Waals surface area contributed by atoms with Crippen molar-refractivity contribution in [2.75, 3.05) is 0 Å². The van der Waals surface area contributed by atoms with Crippen molar-refractivity contribution >= 4 is 11.6 Å². The fourth-order valence-corrected chi connectivity index (χ4v) is 1.19. The van der Waals surface area contributed by atoms with Gasteiger partial charge >= 0.3 is 0 Å². The molecule has 0 fully saturated rings. The Morgan fingerprint density at radius 1 is 1.20 bits per heavy atom. The van der Waals surface area contributed by atoms with Gasteiger partial charge in [0.15, 0.2) is 5.96 Å². The number of benzene rings is 1. The number of hydrogen-bond donors (Lipinski definition) is 2. The molecule has 2 aromatic rings. The zero-order chi connectivity index (χ0) is 10.7. The van der Waals surface area contributed by atoms with Crippen molar-refractivity contribution in [3.63, 3.8) is 0 Å². The van der Waals surface area contributed by atoms with Crippen molar-refractivity contribution in [1.82, 2.24) is 15.0 Å². The summed E-state index contributed by atoms with van der Waals surface area (Å²) in [6.07, 6.45) is 3.21. The largest absolute Gasteiger partial charge is 0.370 e. The molecule has 0 aliphatic rings. The van der Waals surface area contributed by atoms with Crippen LogP contribution < -0.4 is 11.5 Å². The van der Waals surface area contributed by atoms with Crippen LogP contribution in [0.25, 0.3) is 5.69 Å². The normalized spacial score (nSPS) is 9.87. The zero-order valence-electron chi connectivity index (χ0n) is 7.91. The van der Waals surface area contributed by atoms with Crippen molar-refractivity contribution in [2.24, 2.45) is 16.5 Å². The van der Waals surface area contributed by atoms with Crippen molar-refractivity contribution in [2.45, 2.75) is 0 Å². The third-order valence-corrected chi connectivity index (χ3v) is 1.74. The lowest BCUT2D eigenvalue weighted by molar-refractivity contribution is 0.752. The molecule has 1 aromatic heterocycles. The van der Waals surface area contributed by atoms with Crippen LogP contribution in [-0.2, 0) is 0 Å². The summed E-state index contributed by atoms with van der Waals surface area (Å²) in [6.45, 7) is 0. The monoisotopic (exact) mass is 202 g/mol. The Balaban J connectivity index is 2.39. The van der Waals surface area contributed by atoms with E-state index < -0.39 is 0 Å². The molecule has 0 atom stereocenters. The maximum absolute atomic E-state index is 5.28. The summed E-state index contributed by atoms with van der Waals surface area (Å²) in [5.74, 6) is 0.0283. The second-order valence-electron chi connectivity index (χ2n) is 2.88. The lowest BCUT2D eigenvalue weighted by Crippen LogP contribution is -2.21. The molecule has 0 aliphatic carbocycles. The smallest absolute Gasteiger partial charge is 0.191 e.